The maximum absolute atomic E-state index is 16.4. The number of anilines is 1. The Morgan fingerprint density at radius 3 is 2.22 bits per heavy atom. The topological polar surface area (TPSA) is 129 Å². The highest BCUT2D eigenvalue weighted by atomic mass is 19.3. The molecule has 6 aliphatic rings. The fourth-order valence-corrected chi connectivity index (χ4v) is 11.2. The predicted octanol–water partition coefficient (Wildman–Crippen LogP) is 5.92. The van der Waals surface area contributed by atoms with Gasteiger partial charge in [-0.2, -0.15) is 0 Å². The van der Waals surface area contributed by atoms with E-state index in [1.807, 2.05) is 36.1 Å². The number of aromatic nitrogens is 1. The molecule has 4 atom stereocenters. The summed E-state index contributed by atoms with van der Waals surface area (Å²) in [6, 6.07) is 11.2. The second kappa shape index (κ2) is 16.2. The number of fused-ring (bicyclic) bond motifs is 5. The van der Waals surface area contributed by atoms with Gasteiger partial charge in [-0.25, -0.2) is 17.6 Å². The maximum Gasteiger partial charge on any atom is 0.262 e. The van der Waals surface area contributed by atoms with E-state index in [-0.39, 0.29) is 53.3 Å². The third-order valence-corrected chi connectivity index (χ3v) is 14.3. The number of carbonyl (C=O) groups is 5. The van der Waals surface area contributed by atoms with Crippen molar-refractivity contribution < 1.29 is 41.5 Å². The van der Waals surface area contributed by atoms with Crippen molar-refractivity contribution in [2.45, 2.75) is 89.5 Å². The third-order valence-electron chi connectivity index (χ3n) is 14.3. The second-order valence-electron chi connectivity index (χ2n) is 18.3. The summed E-state index contributed by atoms with van der Waals surface area (Å²) in [6.45, 7) is 5.33. The van der Waals surface area contributed by atoms with E-state index in [1.54, 1.807) is 17.0 Å². The molecule has 7 heterocycles. The molecule has 63 heavy (non-hydrogen) atoms. The Morgan fingerprint density at radius 2 is 1.56 bits per heavy atom. The molecule has 2 N–H and O–H groups in total. The number of amides is 5. The van der Waals surface area contributed by atoms with Gasteiger partial charge in [-0.1, -0.05) is 18.2 Å². The Morgan fingerprint density at radius 1 is 0.873 bits per heavy atom. The van der Waals surface area contributed by atoms with Gasteiger partial charge in [0.25, 0.3) is 18.2 Å². The number of para-hydroxylation sites is 1. The lowest BCUT2D eigenvalue weighted by molar-refractivity contribution is -0.138. The quantitative estimate of drug-likeness (QED) is 0.165. The van der Waals surface area contributed by atoms with E-state index in [0.717, 1.165) is 65.0 Å². The summed E-state index contributed by atoms with van der Waals surface area (Å²) in [7, 11) is 0. The highest BCUT2D eigenvalue weighted by Gasteiger charge is 2.46. The second-order valence-corrected chi connectivity index (χ2v) is 18.3. The number of halogens is 4. The minimum absolute atomic E-state index is 0.0333. The maximum atomic E-state index is 16.4. The van der Waals surface area contributed by atoms with Crippen LogP contribution in [0.15, 0.2) is 48.5 Å². The van der Waals surface area contributed by atoms with Crippen molar-refractivity contribution in [2.75, 3.05) is 44.2 Å². The van der Waals surface area contributed by atoms with Gasteiger partial charge in [-0.05, 0) is 111 Å². The molecule has 3 aromatic carbocycles. The number of hydrogen-bond acceptors (Lipinski definition) is 8. The van der Waals surface area contributed by atoms with Crippen LogP contribution in [0.2, 0.25) is 0 Å². The summed E-state index contributed by atoms with van der Waals surface area (Å²) in [4.78, 5) is 76.6. The highest BCUT2D eigenvalue weighted by Crippen LogP contribution is 2.44. The SMILES string of the molecule is C[C@@H]1Cc2c([nH]c3ccccc23)[C@@H](c2c(F)cc(N3CCCC(CN4CCC(C(=O)N5Cc6cc7c(cc6C5)C(=O)N(C5CCC(=O)NC5=O)C7=O)CC4)C3)cc2F)N1CC(F)F. The van der Waals surface area contributed by atoms with E-state index in [1.165, 1.54) is 17.0 Å². The van der Waals surface area contributed by atoms with Crippen LogP contribution in [0.25, 0.3) is 10.9 Å². The monoisotopic (exact) mass is 867 g/mol. The fraction of sp³-hybridized carbons (Fsp3) is 0.468. The molecule has 2 unspecified atom stereocenters. The van der Waals surface area contributed by atoms with Gasteiger partial charge < -0.3 is 19.7 Å². The lowest BCUT2D eigenvalue weighted by Gasteiger charge is -2.41. The molecule has 16 heteroatoms. The molecule has 0 saturated carbocycles. The minimum atomic E-state index is -2.68. The van der Waals surface area contributed by atoms with Gasteiger partial charge >= 0.3 is 0 Å². The Bertz CT molecular complexity index is 2490. The van der Waals surface area contributed by atoms with E-state index in [0.29, 0.717) is 56.8 Å². The number of H-pyrrole nitrogens is 1. The standard InChI is InChI=1S/C47H49F4N7O5/c1-25-15-32-31-6-2-3-7-37(31)52-42(32)43(57(25)24-39(50)51)41-35(48)18-30(19-36(41)49)55-12-4-5-26(21-55)20-54-13-10-27(11-14-54)45(61)56-22-28-16-33-34(17-29(28)23-56)47(63)58(46(33)62)38-8-9-40(59)53-44(38)60/h2-3,6-7,16-19,25-27,38-39,43,52H,4-5,8-15,20-24H2,1H3,(H,53,59,60)/t25-,26?,38?,43-/m1/s1. The zero-order chi connectivity index (χ0) is 43.8. The first-order valence-electron chi connectivity index (χ1n) is 22.1. The normalized spacial score (nSPS) is 24.7. The Hall–Kier alpha value is -5.61. The van der Waals surface area contributed by atoms with Crippen LogP contribution >= 0.6 is 0 Å². The molecule has 4 aromatic rings. The van der Waals surface area contributed by atoms with Crippen molar-refractivity contribution in [3.05, 3.63) is 99.2 Å². The molecular weight excluding hydrogens is 819 g/mol. The van der Waals surface area contributed by atoms with Crippen molar-refractivity contribution in [3.8, 4) is 0 Å². The average Bonchev–Trinajstić information content (AvgIpc) is 3.92. The van der Waals surface area contributed by atoms with Gasteiger partial charge in [-0.15, -0.1) is 0 Å². The van der Waals surface area contributed by atoms with Gasteiger partial charge in [0.1, 0.15) is 17.7 Å². The number of alkyl halides is 2. The number of nitrogens with zero attached hydrogens (tertiary/aromatic N) is 5. The van der Waals surface area contributed by atoms with Crippen LogP contribution in [-0.4, -0.2) is 112 Å². The van der Waals surface area contributed by atoms with E-state index in [4.69, 9.17) is 0 Å². The molecule has 6 aliphatic heterocycles. The smallest absolute Gasteiger partial charge is 0.262 e. The number of benzene rings is 3. The summed E-state index contributed by atoms with van der Waals surface area (Å²) >= 11 is 0. The van der Waals surface area contributed by atoms with Crippen LogP contribution in [0.1, 0.15) is 100 Å². The number of nitrogens with one attached hydrogen (secondary N) is 2. The summed E-state index contributed by atoms with van der Waals surface area (Å²) < 4.78 is 60.7. The fourth-order valence-electron chi connectivity index (χ4n) is 11.2. The largest absolute Gasteiger partial charge is 0.371 e. The van der Waals surface area contributed by atoms with Crippen LogP contribution in [0.5, 0.6) is 0 Å². The van der Waals surface area contributed by atoms with Gasteiger partial charge in [-0.3, -0.25) is 39.1 Å². The van der Waals surface area contributed by atoms with Crippen LogP contribution in [-0.2, 0) is 33.9 Å². The van der Waals surface area contributed by atoms with Gasteiger partial charge in [0, 0.05) is 79.0 Å². The zero-order valence-corrected chi connectivity index (χ0v) is 35.0. The van der Waals surface area contributed by atoms with Gasteiger partial charge in [0.05, 0.1) is 23.7 Å². The summed E-state index contributed by atoms with van der Waals surface area (Å²) in [5, 5.41) is 3.14. The van der Waals surface area contributed by atoms with Crippen LogP contribution in [0.3, 0.4) is 0 Å². The van der Waals surface area contributed by atoms with E-state index < -0.39 is 60.3 Å². The first-order valence-corrected chi connectivity index (χ1v) is 22.1. The molecule has 0 radical (unpaired) electrons. The first-order chi connectivity index (χ1) is 30.3. The Labute approximate surface area is 361 Å². The molecule has 10 rings (SSSR count). The number of aromatic amines is 1. The van der Waals surface area contributed by atoms with Crippen molar-refractivity contribution in [3.63, 3.8) is 0 Å². The number of hydrogen-bond donors (Lipinski definition) is 2. The number of likely N-dealkylation sites (tertiary alicyclic amines) is 1. The van der Waals surface area contributed by atoms with Gasteiger partial charge in [0.2, 0.25) is 17.7 Å². The Kier molecular flexibility index (Phi) is 10.6. The first kappa shape index (κ1) is 41.4. The van der Waals surface area contributed by atoms with Gasteiger partial charge in [0.15, 0.2) is 0 Å². The molecule has 330 valence electrons. The Balaban J connectivity index is 0.764. The summed E-state index contributed by atoms with van der Waals surface area (Å²) in [6.07, 6.45) is 1.07. The number of imide groups is 2. The highest BCUT2D eigenvalue weighted by molar-refractivity contribution is 6.23. The van der Waals surface area contributed by atoms with Crippen LogP contribution in [0.4, 0.5) is 23.2 Å². The molecule has 0 aliphatic carbocycles. The molecule has 12 nitrogen and oxygen atoms in total. The molecule has 0 spiro atoms. The summed E-state index contributed by atoms with van der Waals surface area (Å²) in [5.74, 6) is -3.66. The zero-order valence-electron chi connectivity index (χ0n) is 35.0. The molecule has 1 aromatic heterocycles. The van der Waals surface area contributed by atoms with Crippen molar-refractivity contribution in [1.29, 1.82) is 0 Å². The van der Waals surface area contributed by atoms with Crippen molar-refractivity contribution in [1.82, 2.24) is 29.9 Å². The molecule has 3 fully saturated rings. The average molecular weight is 868 g/mol. The van der Waals surface area contributed by atoms with Crippen LogP contribution < -0.4 is 10.2 Å². The molecular formula is C47H49F4N7O5. The summed E-state index contributed by atoms with van der Waals surface area (Å²) in [5.41, 5.74) is 4.45. The van der Waals surface area contributed by atoms with E-state index in [2.05, 4.69) is 15.2 Å². The lowest BCUT2D eigenvalue weighted by atomic mass is 9.88. The number of rotatable bonds is 8. The van der Waals surface area contributed by atoms with E-state index in [9.17, 15) is 32.8 Å². The number of piperidine rings is 3. The third kappa shape index (κ3) is 7.38. The molecule has 0 bridgehead atoms. The molecule has 5 amide bonds. The van der Waals surface area contributed by atoms with Crippen LogP contribution in [0, 0.1) is 23.5 Å². The number of carbonyl (C=O) groups excluding carboxylic acids is 5. The van der Waals surface area contributed by atoms with Crippen molar-refractivity contribution >= 4 is 46.1 Å². The predicted molar refractivity (Wildman–Crippen MR) is 224 cm³/mol. The minimum Gasteiger partial charge on any atom is -0.371 e. The van der Waals surface area contributed by atoms with E-state index >= 15 is 8.78 Å². The van der Waals surface area contributed by atoms with Crippen molar-refractivity contribution in [2.24, 2.45) is 11.8 Å². The molecule has 3 saturated heterocycles. The lowest BCUT2D eigenvalue weighted by Crippen LogP contribution is -2.54.